The van der Waals surface area contributed by atoms with Gasteiger partial charge in [0.1, 0.15) is 22.8 Å². The molecule has 0 radical (unpaired) electrons. The van der Waals surface area contributed by atoms with Crippen LogP contribution in [0.2, 0.25) is 0 Å². The molecule has 1 N–H and O–H groups in total. The van der Waals surface area contributed by atoms with Crippen molar-refractivity contribution >= 4 is 28.5 Å². The summed E-state index contributed by atoms with van der Waals surface area (Å²) in [6.07, 6.45) is 0.138. The zero-order valence-electron chi connectivity index (χ0n) is 17.2. The lowest BCUT2D eigenvalue weighted by atomic mass is 10.1. The van der Waals surface area contributed by atoms with Gasteiger partial charge in [-0.2, -0.15) is 0 Å². The first-order valence-electron chi connectivity index (χ1n) is 9.81. The largest absolute Gasteiger partial charge is 0.497 e. The highest BCUT2D eigenvalue weighted by Gasteiger charge is 2.37. The van der Waals surface area contributed by atoms with Gasteiger partial charge in [-0.25, -0.2) is 0 Å². The van der Waals surface area contributed by atoms with Gasteiger partial charge >= 0.3 is 0 Å². The van der Waals surface area contributed by atoms with Gasteiger partial charge in [0, 0.05) is 24.4 Å². The molecule has 30 heavy (non-hydrogen) atoms. The van der Waals surface area contributed by atoms with E-state index in [-0.39, 0.29) is 30.8 Å². The predicted molar refractivity (Wildman–Crippen MR) is 113 cm³/mol. The molecule has 0 bridgehead atoms. The molecular weight excluding hydrogens is 384 g/mol. The van der Waals surface area contributed by atoms with Crippen molar-refractivity contribution in [3.8, 4) is 11.5 Å². The summed E-state index contributed by atoms with van der Waals surface area (Å²) in [4.78, 5) is 27.1. The first-order chi connectivity index (χ1) is 14.5. The van der Waals surface area contributed by atoms with E-state index in [0.717, 1.165) is 11.0 Å². The molecular formula is C23H24N2O5. The quantitative estimate of drug-likeness (QED) is 0.673. The summed E-state index contributed by atoms with van der Waals surface area (Å²) in [5.74, 6) is 1.09. The predicted octanol–water partition coefficient (Wildman–Crippen LogP) is 3.68. The number of para-hydroxylation sites is 1. The molecule has 4 rings (SSSR count). The lowest BCUT2D eigenvalue weighted by Gasteiger charge is -2.20. The number of rotatable bonds is 6. The van der Waals surface area contributed by atoms with Gasteiger partial charge in [-0.1, -0.05) is 18.2 Å². The number of fused-ring (bicyclic) bond motifs is 1. The maximum absolute atomic E-state index is 12.9. The van der Waals surface area contributed by atoms with E-state index in [4.69, 9.17) is 13.9 Å². The van der Waals surface area contributed by atoms with Gasteiger partial charge in [0.05, 0.1) is 31.9 Å². The molecule has 1 fully saturated rings. The van der Waals surface area contributed by atoms with Crippen molar-refractivity contribution in [3.05, 3.63) is 54.3 Å². The fourth-order valence-electron chi connectivity index (χ4n) is 3.74. The summed E-state index contributed by atoms with van der Waals surface area (Å²) < 4.78 is 16.5. The second kappa shape index (κ2) is 8.10. The average molecular weight is 408 g/mol. The van der Waals surface area contributed by atoms with Crippen molar-refractivity contribution in [2.24, 2.45) is 5.92 Å². The second-order valence-corrected chi connectivity index (χ2v) is 7.36. The Morgan fingerprint density at radius 3 is 2.70 bits per heavy atom. The molecule has 2 amide bonds. The summed E-state index contributed by atoms with van der Waals surface area (Å²) >= 11 is 0. The van der Waals surface area contributed by atoms with E-state index in [2.05, 4.69) is 5.32 Å². The van der Waals surface area contributed by atoms with Gasteiger partial charge in [0.25, 0.3) is 0 Å². The first kappa shape index (κ1) is 19.8. The van der Waals surface area contributed by atoms with Gasteiger partial charge in [-0.05, 0) is 31.2 Å². The Morgan fingerprint density at radius 2 is 1.97 bits per heavy atom. The molecule has 1 aromatic heterocycles. The van der Waals surface area contributed by atoms with Crippen LogP contribution >= 0.6 is 0 Å². The van der Waals surface area contributed by atoms with Gasteiger partial charge in [0.2, 0.25) is 11.8 Å². The van der Waals surface area contributed by atoms with Crippen LogP contribution in [0.4, 0.5) is 5.69 Å². The lowest BCUT2D eigenvalue weighted by molar-refractivity contribution is -0.127. The molecule has 3 aromatic rings. The van der Waals surface area contributed by atoms with Crippen molar-refractivity contribution in [1.82, 2.24) is 5.32 Å². The third-order valence-corrected chi connectivity index (χ3v) is 5.40. The molecule has 1 aliphatic rings. The number of carbonyl (C=O) groups excluding carboxylic acids is 2. The second-order valence-electron chi connectivity index (χ2n) is 7.36. The van der Waals surface area contributed by atoms with Crippen LogP contribution in [0, 0.1) is 5.92 Å². The maximum Gasteiger partial charge on any atom is 0.227 e. The van der Waals surface area contributed by atoms with Gasteiger partial charge < -0.3 is 24.1 Å². The van der Waals surface area contributed by atoms with E-state index >= 15 is 0 Å². The first-order valence-corrected chi connectivity index (χ1v) is 9.81. The molecule has 1 aliphatic heterocycles. The monoisotopic (exact) mass is 408 g/mol. The number of hydrogen-bond acceptors (Lipinski definition) is 5. The number of carbonyl (C=O) groups is 2. The zero-order valence-corrected chi connectivity index (χ0v) is 17.2. The molecule has 156 valence electrons. The van der Waals surface area contributed by atoms with Crippen molar-refractivity contribution in [2.75, 3.05) is 25.7 Å². The van der Waals surface area contributed by atoms with E-state index in [9.17, 15) is 9.59 Å². The van der Waals surface area contributed by atoms with Crippen LogP contribution in [-0.2, 0) is 9.59 Å². The van der Waals surface area contributed by atoms with Crippen LogP contribution in [0.15, 0.2) is 52.9 Å². The molecule has 1 saturated heterocycles. The van der Waals surface area contributed by atoms with Crippen LogP contribution in [0.3, 0.4) is 0 Å². The van der Waals surface area contributed by atoms with Gasteiger partial charge in [-0.15, -0.1) is 0 Å². The smallest absolute Gasteiger partial charge is 0.227 e. The Bertz CT molecular complexity index is 1060. The molecule has 7 heteroatoms. The van der Waals surface area contributed by atoms with E-state index in [0.29, 0.717) is 22.9 Å². The SMILES string of the molecule is COc1ccc(OC)c(N2CC(C(=O)NC(C)c3cc4ccccc4o3)CC2=O)c1. The average Bonchev–Trinajstić information content (AvgIpc) is 3.37. The fraction of sp³-hybridized carbons (Fsp3) is 0.304. The molecule has 2 heterocycles. The lowest BCUT2D eigenvalue weighted by Crippen LogP contribution is -2.34. The number of ether oxygens (including phenoxy) is 2. The number of anilines is 1. The van der Waals surface area contributed by atoms with Crippen molar-refractivity contribution in [3.63, 3.8) is 0 Å². The fourth-order valence-corrected chi connectivity index (χ4v) is 3.74. The molecule has 2 unspecified atom stereocenters. The summed E-state index contributed by atoms with van der Waals surface area (Å²) in [6, 6.07) is 14.6. The molecule has 0 saturated carbocycles. The Morgan fingerprint density at radius 1 is 1.17 bits per heavy atom. The van der Waals surface area contributed by atoms with Crippen molar-refractivity contribution in [1.29, 1.82) is 0 Å². The van der Waals surface area contributed by atoms with E-state index in [1.807, 2.05) is 37.3 Å². The number of nitrogens with zero attached hydrogens (tertiary/aromatic N) is 1. The number of hydrogen-bond donors (Lipinski definition) is 1. The Kier molecular flexibility index (Phi) is 5.35. The third-order valence-electron chi connectivity index (χ3n) is 5.40. The van der Waals surface area contributed by atoms with E-state index in [1.165, 1.54) is 0 Å². The minimum atomic E-state index is -0.458. The van der Waals surface area contributed by atoms with Crippen LogP contribution < -0.4 is 19.7 Å². The Hall–Kier alpha value is -3.48. The van der Waals surface area contributed by atoms with Crippen LogP contribution in [0.5, 0.6) is 11.5 Å². The molecule has 2 atom stereocenters. The van der Waals surface area contributed by atoms with E-state index in [1.54, 1.807) is 37.3 Å². The standard InChI is InChI=1S/C23H24N2O5/c1-14(21-10-15-6-4-5-7-19(15)30-21)24-23(27)16-11-22(26)25(13-16)18-12-17(28-2)8-9-20(18)29-3/h4-10,12,14,16H,11,13H2,1-3H3,(H,24,27). The minimum absolute atomic E-state index is 0.127. The van der Waals surface area contributed by atoms with Crippen molar-refractivity contribution < 1.29 is 23.5 Å². The zero-order chi connectivity index (χ0) is 21.3. The number of nitrogens with one attached hydrogen (secondary N) is 1. The maximum atomic E-state index is 12.9. The minimum Gasteiger partial charge on any atom is -0.497 e. The van der Waals surface area contributed by atoms with Crippen LogP contribution in [0.1, 0.15) is 25.1 Å². The van der Waals surface area contributed by atoms with Crippen LogP contribution in [0.25, 0.3) is 11.0 Å². The molecule has 0 aliphatic carbocycles. The normalized spacial score (nSPS) is 17.2. The highest BCUT2D eigenvalue weighted by atomic mass is 16.5. The summed E-state index contributed by atoms with van der Waals surface area (Å²) in [6.45, 7) is 2.15. The number of methoxy groups -OCH3 is 2. The van der Waals surface area contributed by atoms with Gasteiger partial charge in [0.15, 0.2) is 0 Å². The number of furan rings is 1. The van der Waals surface area contributed by atoms with Crippen LogP contribution in [-0.4, -0.2) is 32.6 Å². The highest BCUT2D eigenvalue weighted by Crippen LogP contribution is 2.36. The van der Waals surface area contributed by atoms with Crippen molar-refractivity contribution in [2.45, 2.75) is 19.4 Å². The summed E-state index contributed by atoms with van der Waals surface area (Å²) in [5.41, 5.74) is 1.38. The Labute approximate surface area is 174 Å². The molecule has 0 spiro atoms. The Balaban J connectivity index is 1.48. The van der Waals surface area contributed by atoms with Gasteiger partial charge in [-0.3, -0.25) is 9.59 Å². The number of benzene rings is 2. The highest BCUT2D eigenvalue weighted by molar-refractivity contribution is 6.01. The molecule has 2 aromatic carbocycles. The molecule has 7 nitrogen and oxygen atoms in total. The summed E-state index contributed by atoms with van der Waals surface area (Å²) in [7, 11) is 3.11. The summed E-state index contributed by atoms with van der Waals surface area (Å²) in [5, 5.41) is 3.96. The third kappa shape index (κ3) is 3.70. The van der Waals surface area contributed by atoms with E-state index < -0.39 is 5.92 Å². The topological polar surface area (TPSA) is 81.0 Å². The number of amides is 2.